The van der Waals surface area contributed by atoms with Gasteiger partial charge in [-0.15, -0.1) is 0 Å². The summed E-state index contributed by atoms with van der Waals surface area (Å²) in [4.78, 5) is 44.8. The van der Waals surface area contributed by atoms with Crippen LogP contribution in [-0.4, -0.2) is 91.8 Å². The van der Waals surface area contributed by atoms with Crippen LogP contribution in [0.3, 0.4) is 0 Å². The molecule has 4 aromatic rings. The molecular weight excluding hydrogens is 555 g/mol. The van der Waals surface area contributed by atoms with Crippen LogP contribution in [0.15, 0.2) is 23.8 Å². The highest BCUT2D eigenvalue weighted by Gasteiger charge is 2.40. The van der Waals surface area contributed by atoms with Crippen LogP contribution in [-0.2, 0) is 23.1 Å². The Balaban J connectivity index is 1.04. The summed E-state index contributed by atoms with van der Waals surface area (Å²) < 4.78 is 37.2. The second kappa shape index (κ2) is 10.1. The fraction of sp³-hybridized carbons (Fsp3) is 0.500. The maximum atomic E-state index is 12.5. The number of nitrogens with zero attached hydrogens (tertiary/aromatic N) is 7. The molecule has 0 aromatic carbocycles. The lowest BCUT2D eigenvalue weighted by molar-refractivity contribution is -0.0559. The van der Waals surface area contributed by atoms with Crippen molar-refractivity contribution in [2.45, 2.75) is 49.7 Å². The number of aromatic nitrogens is 8. The Hall–Kier alpha value is -3.55. The fourth-order valence-electron chi connectivity index (χ4n) is 4.68. The van der Waals surface area contributed by atoms with Crippen molar-refractivity contribution in [2.24, 2.45) is 0 Å². The fourth-order valence-corrected chi connectivity index (χ4v) is 5.42. The van der Waals surface area contributed by atoms with Gasteiger partial charge in [-0.2, -0.15) is 4.98 Å². The van der Waals surface area contributed by atoms with Gasteiger partial charge >= 0.3 is 7.82 Å². The molecule has 0 amide bonds. The third-order valence-corrected chi connectivity index (χ3v) is 7.62. The van der Waals surface area contributed by atoms with Crippen LogP contribution >= 0.6 is 7.82 Å². The normalized spacial score (nSPS) is 28.5. The Morgan fingerprint density at radius 3 is 2.15 bits per heavy atom. The summed E-state index contributed by atoms with van der Waals surface area (Å²) in [7, 11) is -4.64. The van der Waals surface area contributed by atoms with E-state index in [0.29, 0.717) is 11.2 Å². The number of phosphoric acid groups is 1. The number of nitrogens with two attached hydrogens (primary N) is 2. The Morgan fingerprint density at radius 1 is 0.950 bits per heavy atom. The second-order valence-electron chi connectivity index (χ2n) is 9.28. The zero-order chi connectivity index (χ0) is 28.2. The molecule has 2 aliphatic rings. The van der Waals surface area contributed by atoms with Crippen molar-refractivity contribution in [1.82, 2.24) is 39.0 Å². The first kappa shape index (κ1) is 26.7. The molecule has 1 unspecified atom stereocenters. The van der Waals surface area contributed by atoms with Crippen molar-refractivity contribution in [1.29, 1.82) is 0 Å². The summed E-state index contributed by atoms with van der Waals surface area (Å²) in [5.74, 6) is 0.0778. The van der Waals surface area contributed by atoms with E-state index < -0.39 is 63.5 Å². The number of aromatic amines is 1. The number of hydrogen-bond donors (Lipinski definition) is 6. The molecule has 20 heteroatoms. The highest BCUT2D eigenvalue weighted by Crippen LogP contribution is 2.45. The first-order valence-corrected chi connectivity index (χ1v) is 13.5. The summed E-state index contributed by atoms with van der Waals surface area (Å²) in [6.45, 7) is -0.957. The van der Waals surface area contributed by atoms with Gasteiger partial charge in [0.2, 0.25) is 5.95 Å². The lowest BCUT2D eigenvalue weighted by Crippen LogP contribution is -2.28. The molecule has 6 rings (SSSR count). The van der Waals surface area contributed by atoms with Crippen LogP contribution in [0.5, 0.6) is 0 Å². The van der Waals surface area contributed by atoms with Gasteiger partial charge in [-0.3, -0.25) is 28.0 Å². The first-order chi connectivity index (χ1) is 19.1. The number of hydrogen-bond acceptors (Lipinski definition) is 15. The first-order valence-electron chi connectivity index (χ1n) is 12.0. The Kier molecular flexibility index (Phi) is 6.75. The third kappa shape index (κ3) is 4.93. The van der Waals surface area contributed by atoms with E-state index in [-0.39, 0.29) is 35.8 Å². The predicted molar refractivity (Wildman–Crippen MR) is 133 cm³/mol. The average molecular weight is 580 g/mol. The molecule has 4 aromatic heterocycles. The van der Waals surface area contributed by atoms with Crippen molar-refractivity contribution in [3.63, 3.8) is 0 Å². The number of imidazole rings is 2. The van der Waals surface area contributed by atoms with Gasteiger partial charge in [0.05, 0.1) is 38.1 Å². The minimum absolute atomic E-state index is 0.0393. The minimum Gasteiger partial charge on any atom is -0.390 e. The quantitative estimate of drug-likeness (QED) is 0.130. The summed E-state index contributed by atoms with van der Waals surface area (Å²) in [5.41, 5.74) is 11.9. The number of nitrogen functional groups attached to an aromatic ring is 2. The van der Waals surface area contributed by atoms with Gasteiger partial charge in [-0.1, -0.05) is 0 Å². The Bertz CT molecular complexity index is 1660. The zero-order valence-electron chi connectivity index (χ0n) is 20.5. The van der Waals surface area contributed by atoms with Gasteiger partial charge in [0, 0.05) is 12.8 Å². The maximum Gasteiger partial charge on any atom is 0.472 e. The number of anilines is 2. The smallest absolute Gasteiger partial charge is 0.390 e. The molecule has 0 aliphatic carbocycles. The van der Waals surface area contributed by atoms with Crippen LogP contribution in [0.1, 0.15) is 25.3 Å². The van der Waals surface area contributed by atoms with Crippen molar-refractivity contribution < 1.29 is 38.2 Å². The standard InChI is InChI=1S/C20H25N10O9P/c21-16-14-17(24-5-23-16)29(6-25-14)12-1-8(31)10(38-12)3-36-40(34,35)37-4-11-9(32)2-13(39-11)30-7-26-15-18(30)27-20(22)28-19(15)33/h5-13,31-32H,1-4H2,(H,34,35)(H2,21,23,24)(H3,22,27,28,33)/t8-,9-,10+,11+,12+,13+/m0/s1. The minimum atomic E-state index is -4.64. The predicted octanol–water partition coefficient (Wildman–Crippen LogP) is -1.45. The van der Waals surface area contributed by atoms with Crippen LogP contribution in [0.4, 0.5) is 11.8 Å². The summed E-state index contributed by atoms with van der Waals surface area (Å²) in [5, 5.41) is 20.9. The van der Waals surface area contributed by atoms with Gasteiger partial charge in [0.25, 0.3) is 5.56 Å². The van der Waals surface area contributed by atoms with Gasteiger partial charge in [0.1, 0.15) is 36.5 Å². The zero-order valence-corrected chi connectivity index (χ0v) is 21.4. The van der Waals surface area contributed by atoms with Gasteiger partial charge in [-0.05, 0) is 0 Å². The number of nitrogens with one attached hydrogen (secondary N) is 1. The molecule has 2 aliphatic heterocycles. The van der Waals surface area contributed by atoms with E-state index >= 15 is 0 Å². The molecule has 0 saturated carbocycles. The van der Waals surface area contributed by atoms with Crippen molar-refractivity contribution in [3.8, 4) is 0 Å². The van der Waals surface area contributed by atoms with Crippen LogP contribution in [0.2, 0.25) is 0 Å². The SMILES string of the molecule is Nc1nc2c(ncn2[C@H]2C[C@H](O)[C@@H](COP(=O)(O)OC[C@H]3O[C@@H](n4cnc5c(N)ncnc54)C[C@@H]3O)O2)c(=O)[nH]1. The molecule has 2 saturated heterocycles. The Morgan fingerprint density at radius 2 is 1.52 bits per heavy atom. The van der Waals surface area contributed by atoms with Gasteiger partial charge in [0.15, 0.2) is 22.6 Å². The van der Waals surface area contributed by atoms with Crippen LogP contribution in [0, 0.1) is 0 Å². The molecule has 8 N–H and O–H groups in total. The van der Waals surface area contributed by atoms with Crippen LogP contribution < -0.4 is 17.0 Å². The van der Waals surface area contributed by atoms with E-state index in [1.165, 1.54) is 23.5 Å². The lowest BCUT2D eigenvalue weighted by atomic mass is 10.2. The van der Waals surface area contributed by atoms with Crippen molar-refractivity contribution in [2.75, 3.05) is 24.7 Å². The number of rotatable bonds is 8. The summed E-state index contributed by atoms with van der Waals surface area (Å²) >= 11 is 0. The maximum absolute atomic E-state index is 12.5. The number of ether oxygens (including phenoxy) is 2. The molecule has 0 radical (unpaired) electrons. The topological polar surface area (TPSA) is 274 Å². The molecule has 0 spiro atoms. The van der Waals surface area contributed by atoms with Gasteiger partial charge < -0.3 is 36.0 Å². The molecule has 6 heterocycles. The summed E-state index contributed by atoms with van der Waals surface area (Å²) in [6.07, 6.45) is -1.29. The van der Waals surface area contributed by atoms with E-state index in [2.05, 4.69) is 29.9 Å². The Labute approximate surface area is 223 Å². The molecule has 7 atom stereocenters. The van der Waals surface area contributed by atoms with E-state index in [9.17, 15) is 24.5 Å². The summed E-state index contributed by atoms with van der Waals surface area (Å²) in [6, 6.07) is 0. The van der Waals surface area contributed by atoms with E-state index in [1.54, 1.807) is 4.57 Å². The second-order valence-corrected chi connectivity index (χ2v) is 10.7. The van der Waals surface area contributed by atoms with Crippen molar-refractivity contribution >= 4 is 41.9 Å². The molecule has 214 valence electrons. The van der Waals surface area contributed by atoms with E-state index in [4.69, 9.17) is 30.0 Å². The molecule has 40 heavy (non-hydrogen) atoms. The largest absolute Gasteiger partial charge is 0.472 e. The van der Waals surface area contributed by atoms with E-state index in [1.807, 2.05) is 0 Å². The molecule has 2 fully saturated rings. The highest BCUT2D eigenvalue weighted by atomic mass is 31.2. The lowest BCUT2D eigenvalue weighted by Gasteiger charge is -2.20. The monoisotopic (exact) mass is 580 g/mol. The highest BCUT2D eigenvalue weighted by molar-refractivity contribution is 7.47. The number of fused-ring (bicyclic) bond motifs is 2. The molecule has 0 bridgehead atoms. The van der Waals surface area contributed by atoms with E-state index in [0.717, 1.165) is 0 Å². The van der Waals surface area contributed by atoms with Crippen LogP contribution in [0.25, 0.3) is 22.3 Å². The third-order valence-electron chi connectivity index (χ3n) is 6.67. The molecular formula is C20H25N10O9P. The van der Waals surface area contributed by atoms with Gasteiger partial charge in [-0.25, -0.2) is 24.5 Å². The van der Waals surface area contributed by atoms with Crippen molar-refractivity contribution in [3.05, 3.63) is 29.3 Å². The number of H-pyrrole nitrogens is 1. The number of phosphoric ester groups is 1. The number of aliphatic hydroxyl groups excluding tert-OH is 2. The average Bonchev–Trinajstić information content (AvgIpc) is 3.67. The number of aliphatic hydroxyl groups is 2. The molecule has 19 nitrogen and oxygen atoms in total.